The van der Waals surface area contributed by atoms with Crippen molar-refractivity contribution >= 4 is 5.91 Å². The van der Waals surface area contributed by atoms with Gasteiger partial charge in [0.25, 0.3) is 0 Å². The van der Waals surface area contributed by atoms with Crippen LogP contribution in [0.15, 0.2) is 0 Å². The molecule has 88 valence electrons. The summed E-state index contributed by atoms with van der Waals surface area (Å²) >= 11 is 0. The van der Waals surface area contributed by atoms with Gasteiger partial charge in [-0.05, 0) is 26.3 Å². The van der Waals surface area contributed by atoms with Crippen LogP contribution in [0.3, 0.4) is 0 Å². The van der Waals surface area contributed by atoms with Crippen LogP contribution in [0.1, 0.15) is 47.0 Å². The van der Waals surface area contributed by atoms with Gasteiger partial charge in [-0.3, -0.25) is 4.79 Å². The van der Waals surface area contributed by atoms with Gasteiger partial charge in [-0.15, -0.1) is 0 Å². The highest BCUT2D eigenvalue weighted by Crippen LogP contribution is 2.15. The number of hydrogen-bond donors (Lipinski definition) is 2. The van der Waals surface area contributed by atoms with Crippen LogP contribution in [-0.4, -0.2) is 24.5 Å². The van der Waals surface area contributed by atoms with Crippen LogP contribution in [0.5, 0.6) is 0 Å². The van der Waals surface area contributed by atoms with Gasteiger partial charge in [0.1, 0.15) is 0 Å². The van der Waals surface area contributed by atoms with E-state index in [1.165, 1.54) is 19.3 Å². The van der Waals surface area contributed by atoms with Crippen molar-refractivity contribution in [3.05, 3.63) is 0 Å². The molecular weight excluding hydrogens is 188 g/mol. The van der Waals surface area contributed by atoms with Crippen LogP contribution in [-0.2, 0) is 4.79 Å². The molecule has 2 N–H and O–H groups in total. The Labute approximate surface area is 93.0 Å². The molecular formula is C12H24N2O. The summed E-state index contributed by atoms with van der Waals surface area (Å²) in [6, 6.07) is 0.682. The fourth-order valence-corrected chi connectivity index (χ4v) is 1.83. The maximum Gasteiger partial charge on any atom is 0.225 e. The second kappa shape index (κ2) is 4.97. The Bertz CT molecular complexity index is 214. The van der Waals surface area contributed by atoms with Gasteiger partial charge in [0, 0.05) is 17.5 Å². The van der Waals surface area contributed by atoms with Crippen molar-refractivity contribution in [1.82, 2.24) is 10.6 Å². The molecule has 3 heteroatoms. The Morgan fingerprint density at radius 2 is 2.07 bits per heavy atom. The summed E-state index contributed by atoms with van der Waals surface area (Å²) < 4.78 is 0. The van der Waals surface area contributed by atoms with E-state index < -0.39 is 0 Å². The van der Waals surface area contributed by atoms with E-state index in [-0.39, 0.29) is 17.4 Å². The lowest BCUT2D eigenvalue weighted by Gasteiger charge is -2.31. The fourth-order valence-electron chi connectivity index (χ4n) is 1.83. The molecule has 0 aromatic carbocycles. The highest BCUT2D eigenvalue weighted by atomic mass is 16.2. The number of amides is 1. The molecule has 2 unspecified atom stereocenters. The summed E-state index contributed by atoms with van der Waals surface area (Å²) in [7, 11) is 0. The van der Waals surface area contributed by atoms with Crippen molar-refractivity contribution in [2.45, 2.75) is 59.0 Å². The molecule has 0 bridgehead atoms. The number of nitrogens with one attached hydrogen (secondary N) is 2. The van der Waals surface area contributed by atoms with Gasteiger partial charge < -0.3 is 10.6 Å². The Morgan fingerprint density at radius 3 is 2.53 bits per heavy atom. The van der Waals surface area contributed by atoms with Gasteiger partial charge in [-0.1, -0.05) is 27.2 Å². The maximum atomic E-state index is 11.8. The van der Waals surface area contributed by atoms with E-state index in [2.05, 4.69) is 17.6 Å². The first kappa shape index (κ1) is 12.5. The molecule has 0 aromatic heterocycles. The largest absolute Gasteiger partial charge is 0.352 e. The number of carbonyl (C=O) groups is 1. The zero-order valence-electron chi connectivity index (χ0n) is 10.4. The average molecular weight is 212 g/mol. The van der Waals surface area contributed by atoms with Gasteiger partial charge >= 0.3 is 0 Å². The minimum absolute atomic E-state index is 0.141. The molecule has 1 aliphatic heterocycles. The predicted octanol–water partition coefficient (Wildman–Crippen LogP) is 1.68. The lowest BCUT2D eigenvalue weighted by molar-refractivity contribution is -0.129. The van der Waals surface area contributed by atoms with Crippen LogP contribution in [0.2, 0.25) is 0 Å². The summed E-state index contributed by atoms with van der Waals surface area (Å²) in [4.78, 5) is 11.8. The molecule has 1 saturated heterocycles. The Hall–Kier alpha value is -0.570. The highest BCUT2D eigenvalue weighted by molar-refractivity contribution is 5.81. The van der Waals surface area contributed by atoms with Gasteiger partial charge in [-0.25, -0.2) is 0 Å². The van der Waals surface area contributed by atoms with Crippen molar-refractivity contribution in [2.75, 3.05) is 6.54 Å². The summed E-state index contributed by atoms with van der Waals surface area (Å²) in [6.07, 6.45) is 3.70. The molecule has 0 saturated carbocycles. The predicted molar refractivity (Wildman–Crippen MR) is 62.7 cm³/mol. The Morgan fingerprint density at radius 1 is 1.40 bits per heavy atom. The molecule has 0 spiro atoms. The van der Waals surface area contributed by atoms with Gasteiger partial charge in [-0.2, -0.15) is 0 Å². The molecule has 1 fully saturated rings. The quantitative estimate of drug-likeness (QED) is 0.731. The van der Waals surface area contributed by atoms with Gasteiger partial charge in [0.2, 0.25) is 5.91 Å². The molecule has 0 aromatic rings. The minimum atomic E-state index is -0.289. The minimum Gasteiger partial charge on any atom is -0.352 e. The second-order valence-corrected chi connectivity index (χ2v) is 5.57. The van der Waals surface area contributed by atoms with Crippen molar-refractivity contribution in [3.8, 4) is 0 Å². The van der Waals surface area contributed by atoms with Gasteiger partial charge in [0.05, 0.1) is 0 Å². The zero-order valence-corrected chi connectivity index (χ0v) is 10.4. The lowest BCUT2D eigenvalue weighted by Crippen LogP contribution is -2.52. The third-order valence-corrected chi connectivity index (χ3v) is 2.99. The Balaban J connectivity index is 2.40. The van der Waals surface area contributed by atoms with E-state index in [9.17, 15) is 4.79 Å². The molecule has 2 atom stereocenters. The van der Waals surface area contributed by atoms with E-state index in [1.807, 2.05) is 20.8 Å². The zero-order chi connectivity index (χ0) is 11.5. The van der Waals surface area contributed by atoms with E-state index in [0.29, 0.717) is 6.04 Å². The summed E-state index contributed by atoms with van der Waals surface area (Å²) in [5, 5.41) is 6.55. The number of hydrogen-bond acceptors (Lipinski definition) is 2. The summed E-state index contributed by atoms with van der Waals surface area (Å²) in [5.41, 5.74) is -0.289. The van der Waals surface area contributed by atoms with Crippen molar-refractivity contribution in [3.63, 3.8) is 0 Å². The number of piperidine rings is 1. The first-order valence-electron chi connectivity index (χ1n) is 5.95. The van der Waals surface area contributed by atoms with Crippen LogP contribution < -0.4 is 10.6 Å². The normalized spacial score (nSPS) is 24.7. The van der Waals surface area contributed by atoms with Crippen molar-refractivity contribution < 1.29 is 4.79 Å². The van der Waals surface area contributed by atoms with Gasteiger partial charge in [0.15, 0.2) is 0 Å². The molecule has 1 aliphatic rings. The number of rotatable bonds is 2. The lowest BCUT2D eigenvalue weighted by atomic mass is 9.93. The molecule has 15 heavy (non-hydrogen) atoms. The molecule has 1 heterocycles. The molecule has 0 aliphatic carbocycles. The smallest absolute Gasteiger partial charge is 0.225 e. The average Bonchev–Trinajstić information content (AvgIpc) is 2.17. The monoisotopic (exact) mass is 212 g/mol. The van der Waals surface area contributed by atoms with Crippen LogP contribution in [0.25, 0.3) is 0 Å². The van der Waals surface area contributed by atoms with Crippen LogP contribution in [0.4, 0.5) is 0 Å². The third kappa shape index (κ3) is 3.82. The van der Waals surface area contributed by atoms with E-state index in [4.69, 9.17) is 0 Å². The van der Waals surface area contributed by atoms with Crippen molar-refractivity contribution in [1.29, 1.82) is 0 Å². The molecule has 1 rings (SSSR count). The van der Waals surface area contributed by atoms with Crippen molar-refractivity contribution in [2.24, 2.45) is 5.41 Å². The van der Waals surface area contributed by atoms with Crippen LogP contribution in [0, 0.1) is 5.41 Å². The number of carbonyl (C=O) groups excluding carboxylic acids is 1. The summed E-state index contributed by atoms with van der Waals surface area (Å²) in [5.74, 6) is 0.141. The first-order valence-corrected chi connectivity index (χ1v) is 5.95. The van der Waals surface area contributed by atoms with E-state index in [1.54, 1.807) is 0 Å². The van der Waals surface area contributed by atoms with Crippen LogP contribution >= 0.6 is 0 Å². The second-order valence-electron chi connectivity index (χ2n) is 5.57. The first-order chi connectivity index (χ1) is 6.91. The SMILES string of the molecule is CC(NC(=O)C(C)(C)C)C1CCCCN1. The Kier molecular flexibility index (Phi) is 4.14. The maximum absolute atomic E-state index is 11.8. The highest BCUT2D eigenvalue weighted by Gasteiger charge is 2.26. The molecule has 1 amide bonds. The third-order valence-electron chi connectivity index (χ3n) is 2.99. The summed E-state index contributed by atoms with van der Waals surface area (Å²) in [6.45, 7) is 9.02. The van der Waals surface area contributed by atoms with E-state index >= 15 is 0 Å². The molecule has 3 nitrogen and oxygen atoms in total. The van der Waals surface area contributed by atoms with E-state index in [0.717, 1.165) is 6.54 Å². The molecule has 0 radical (unpaired) electrons. The standard InChI is InChI=1S/C12H24N2O/c1-9(10-7-5-6-8-13-10)14-11(15)12(2,3)4/h9-10,13H,5-8H2,1-4H3,(H,14,15). The topological polar surface area (TPSA) is 41.1 Å². The fraction of sp³-hybridized carbons (Fsp3) is 0.917.